The van der Waals surface area contributed by atoms with E-state index in [-0.39, 0.29) is 57.6 Å². The zero-order chi connectivity index (χ0) is 25.7. The van der Waals surface area contributed by atoms with Gasteiger partial charge in [-0.3, -0.25) is 9.59 Å². The van der Waals surface area contributed by atoms with Gasteiger partial charge in [0.15, 0.2) is 10.8 Å². The molecule has 0 radical (unpaired) electrons. The zero-order valence-corrected chi connectivity index (χ0v) is 25.2. The van der Waals surface area contributed by atoms with Crippen LogP contribution in [0.4, 0.5) is 5.13 Å². The van der Waals surface area contributed by atoms with Crippen molar-refractivity contribution < 1.29 is 53.9 Å². The molecule has 3 atom stereocenters. The van der Waals surface area contributed by atoms with E-state index < -0.39 is 40.0 Å². The number of nitrogens with one attached hydrogen (secondary N) is 1. The first-order chi connectivity index (χ1) is 16.3. The molecule has 2 aliphatic heterocycles. The van der Waals surface area contributed by atoms with Crippen LogP contribution in [0.5, 0.6) is 0 Å². The first-order valence-electron chi connectivity index (χ1n) is 11.8. The van der Waals surface area contributed by atoms with E-state index in [4.69, 9.17) is 10.6 Å². The van der Waals surface area contributed by atoms with E-state index in [2.05, 4.69) is 36.2 Å². The number of nitrogens with zero attached hydrogens (tertiary/aromatic N) is 3. The SMILES string of the molecule is CC(C)(C)C1CCC(O/N=C(\C(=O)N[C@H]2C(=O)N3[C@@H]2SC(C)(C)[C@@H]3C(=O)[O-])c2csc(N)n2)CC1.[Na+]. The molecule has 0 unspecified atom stereocenters. The molecule has 36 heavy (non-hydrogen) atoms. The number of hydrogen-bond donors (Lipinski definition) is 2. The van der Waals surface area contributed by atoms with Gasteiger partial charge in [-0.15, -0.1) is 23.1 Å². The van der Waals surface area contributed by atoms with Crippen molar-refractivity contribution in [2.75, 3.05) is 5.73 Å². The average Bonchev–Trinajstić information content (AvgIpc) is 3.30. The summed E-state index contributed by atoms with van der Waals surface area (Å²) < 4.78 is -0.742. The summed E-state index contributed by atoms with van der Waals surface area (Å²) in [5.41, 5.74) is 6.22. The Morgan fingerprint density at radius 1 is 1.28 bits per heavy atom. The van der Waals surface area contributed by atoms with Crippen LogP contribution >= 0.6 is 23.1 Å². The Morgan fingerprint density at radius 3 is 2.44 bits per heavy atom. The molecule has 2 amide bonds. The molecular formula is C23H32N5NaO5S2. The maximum atomic E-state index is 13.2. The molecule has 4 rings (SSSR count). The number of hydrogen-bond acceptors (Lipinski definition) is 10. The molecule has 3 N–H and O–H groups in total. The number of anilines is 1. The predicted octanol–water partition coefficient (Wildman–Crippen LogP) is -1.65. The van der Waals surface area contributed by atoms with E-state index >= 15 is 0 Å². The molecule has 13 heteroatoms. The van der Waals surface area contributed by atoms with Crippen molar-refractivity contribution in [3.63, 3.8) is 0 Å². The standard InChI is InChI=1S/C23H33N5O5S2.Na/c1-22(2,3)11-6-8-12(9-7-11)33-27-14(13-10-34-21(24)25-13)17(29)26-15-18(30)28-16(20(31)32)23(4,5)35-19(15)28;/h10-12,15-16,19H,6-9H2,1-5H3,(H2,24,25)(H,26,29)(H,31,32);/q;+1/p-1/b27-14-;/t11?,12?,15-,16-,19+;/m0./s1. The van der Waals surface area contributed by atoms with E-state index in [1.54, 1.807) is 19.2 Å². The van der Waals surface area contributed by atoms with Crippen molar-refractivity contribution in [1.82, 2.24) is 15.2 Å². The van der Waals surface area contributed by atoms with E-state index in [0.717, 1.165) is 25.7 Å². The number of aromatic nitrogens is 1. The molecular weight excluding hydrogens is 513 g/mol. The van der Waals surface area contributed by atoms with Gasteiger partial charge in [-0.25, -0.2) is 4.98 Å². The fourth-order valence-corrected chi connectivity index (χ4v) is 7.27. The van der Waals surface area contributed by atoms with E-state index in [1.165, 1.54) is 28.0 Å². The van der Waals surface area contributed by atoms with Crippen LogP contribution in [0.25, 0.3) is 0 Å². The molecule has 1 aromatic rings. The monoisotopic (exact) mass is 545 g/mol. The molecule has 192 valence electrons. The molecule has 1 saturated carbocycles. The minimum atomic E-state index is -1.31. The molecule has 3 heterocycles. The Labute approximate surface area is 241 Å². The predicted molar refractivity (Wildman–Crippen MR) is 132 cm³/mol. The van der Waals surface area contributed by atoms with Gasteiger partial charge in [0, 0.05) is 10.1 Å². The number of β-lactam (4-membered cyclic amide) rings is 1. The summed E-state index contributed by atoms with van der Waals surface area (Å²) in [4.78, 5) is 48.8. The van der Waals surface area contributed by atoms with Gasteiger partial charge in [0.05, 0.1) is 12.0 Å². The number of carboxylic acids is 1. The van der Waals surface area contributed by atoms with Crippen molar-refractivity contribution in [1.29, 1.82) is 0 Å². The van der Waals surface area contributed by atoms with Crippen LogP contribution in [0.2, 0.25) is 0 Å². The van der Waals surface area contributed by atoms with E-state index in [1.807, 2.05) is 0 Å². The maximum Gasteiger partial charge on any atom is 1.00 e. The summed E-state index contributed by atoms with van der Waals surface area (Å²) in [6.45, 7) is 10.2. The molecule has 0 aromatic carbocycles. The van der Waals surface area contributed by atoms with Crippen molar-refractivity contribution >= 4 is 51.7 Å². The molecule has 2 saturated heterocycles. The van der Waals surface area contributed by atoms with Crippen molar-refractivity contribution in [3.8, 4) is 0 Å². The summed E-state index contributed by atoms with van der Waals surface area (Å²) in [6, 6.07) is -1.93. The van der Waals surface area contributed by atoms with E-state index in [9.17, 15) is 19.5 Å². The normalized spacial score (nSPS) is 29.6. The summed E-state index contributed by atoms with van der Waals surface area (Å²) in [7, 11) is 0. The smallest absolute Gasteiger partial charge is 0.548 e. The Morgan fingerprint density at radius 2 is 1.92 bits per heavy atom. The van der Waals surface area contributed by atoms with Crippen LogP contribution in [-0.2, 0) is 19.2 Å². The Kier molecular flexibility index (Phi) is 8.77. The van der Waals surface area contributed by atoms with Gasteiger partial charge in [-0.1, -0.05) is 25.9 Å². The number of carbonyl (C=O) groups excluding carboxylic acids is 3. The van der Waals surface area contributed by atoms with Crippen molar-refractivity contribution in [2.24, 2.45) is 16.5 Å². The minimum absolute atomic E-state index is 0. The number of oxime groups is 1. The number of amides is 2. The number of carbonyl (C=O) groups is 3. The van der Waals surface area contributed by atoms with Gasteiger partial charge < -0.3 is 30.7 Å². The summed E-state index contributed by atoms with van der Waals surface area (Å²) in [5.74, 6) is -1.78. The van der Waals surface area contributed by atoms with Gasteiger partial charge in [0.1, 0.15) is 23.2 Å². The maximum absolute atomic E-state index is 13.2. The summed E-state index contributed by atoms with van der Waals surface area (Å²) in [5, 5.41) is 19.9. The molecule has 10 nitrogen and oxygen atoms in total. The third-order valence-corrected chi connectivity index (χ3v) is 9.37. The minimum Gasteiger partial charge on any atom is -0.548 e. The second-order valence-corrected chi connectivity index (χ2v) is 13.6. The van der Waals surface area contributed by atoms with Crippen LogP contribution in [0.1, 0.15) is 66.0 Å². The second-order valence-electron chi connectivity index (χ2n) is 11.0. The fourth-order valence-electron chi connectivity index (χ4n) is 5.10. The summed E-state index contributed by atoms with van der Waals surface area (Å²) >= 11 is 2.49. The molecule has 3 fully saturated rings. The van der Waals surface area contributed by atoms with Gasteiger partial charge in [0.25, 0.3) is 5.91 Å². The third kappa shape index (κ3) is 5.72. The molecule has 0 spiro atoms. The molecule has 0 bridgehead atoms. The first-order valence-corrected chi connectivity index (χ1v) is 13.5. The largest absolute Gasteiger partial charge is 1.00 e. The Hall–Kier alpha value is -1.34. The molecule has 3 aliphatic rings. The van der Waals surface area contributed by atoms with Crippen LogP contribution in [0.3, 0.4) is 0 Å². The topological polar surface area (TPSA) is 150 Å². The number of thioether (sulfide) groups is 1. The zero-order valence-electron chi connectivity index (χ0n) is 21.6. The van der Waals surface area contributed by atoms with Crippen LogP contribution in [0.15, 0.2) is 10.5 Å². The number of nitrogen functional groups attached to an aromatic ring is 1. The number of aliphatic carboxylic acids is 1. The van der Waals surface area contributed by atoms with Crippen LogP contribution in [0, 0.1) is 11.3 Å². The average molecular weight is 546 g/mol. The van der Waals surface area contributed by atoms with Crippen molar-refractivity contribution in [3.05, 3.63) is 11.1 Å². The first kappa shape index (κ1) is 29.2. The quantitative estimate of drug-likeness (QED) is 0.187. The second kappa shape index (κ2) is 10.8. The number of fused-ring (bicyclic) bond motifs is 1. The number of nitrogens with two attached hydrogens (primary N) is 1. The van der Waals surface area contributed by atoms with Gasteiger partial charge in [-0.2, -0.15) is 0 Å². The van der Waals surface area contributed by atoms with Gasteiger partial charge >= 0.3 is 29.6 Å². The fraction of sp³-hybridized carbons (Fsp3) is 0.696. The number of thiazole rings is 1. The van der Waals surface area contributed by atoms with Crippen LogP contribution in [-0.4, -0.2) is 61.7 Å². The molecule has 1 aliphatic carbocycles. The van der Waals surface area contributed by atoms with Crippen LogP contribution < -0.4 is 45.7 Å². The van der Waals surface area contributed by atoms with Gasteiger partial charge in [-0.05, 0) is 50.9 Å². The van der Waals surface area contributed by atoms with Gasteiger partial charge in [0.2, 0.25) is 5.91 Å². The summed E-state index contributed by atoms with van der Waals surface area (Å²) in [6.07, 6.45) is 3.62. The number of rotatable bonds is 6. The van der Waals surface area contributed by atoms with E-state index in [0.29, 0.717) is 5.92 Å². The van der Waals surface area contributed by atoms with Crippen molar-refractivity contribution in [2.45, 2.75) is 88.6 Å². The number of carboxylic acid groups (broad SMARTS) is 1. The molecule has 1 aromatic heterocycles. The third-order valence-electron chi connectivity index (χ3n) is 7.12. The Bertz CT molecular complexity index is 1050. The Balaban J connectivity index is 0.00000361.